The summed E-state index contributed by atoms with van der Waals surface area (Å²) in [7, 11) is 3.38. The number of benzene rings is 5. The van der Waals surface area contributed by atoms with Crippen molar-refractivity contribution in [1.29, 1.82) is 0 Å². The summed E-state index contributed by atoms with van der Waals surface area (Å²) in [5.74, 6) is 1.66. The Bertz CT molecular complexity index is 1480. The quantitative estimate of drug-likeness (QED) is 0.252. The fraction of sp³-hybridized carbons (Fsp3) is 0.125. The van der Waals surface area contributed by atoms with Crippen molar-refractivity contribution in [3.63, 3.8) is 0 Å². The number of ether oxygens (including phenoxy) is 2. The van der Waals surface area contributed by atoms with Crippen LogP contribution < -0.4 is 9.47 Å². The fourth-order valence-corrected chi connectivity index (χ4v) is 5.77. The molecule has 2 atom stereocenters. The molecule has 0 saturated heterocycles. The predicted molar refractivity (Wildman–Crippen MR) is 140 cm³/mol. The van der Waals surface area contributed by atoms with E-state index in [1.54, 1.807) is 14.2 Å². The molecule has 0 radical (unpaired) electrons. The zero-order valence-electron chi connectivity index (χ0n) is 20.0. The molecule has 0 aromatic heterocycles. The molecule has 0 fully saturated rings. The van der Waals surface area contributed by atoms with Gasteiger partial charge in [-0.25, -0.2) is 9.78 Å². The first-order valence-corrected chi connectivity index (χ1v) is 12.1. The van der Waals surface area contributed by atoms with E-state index >= 15 is 0 Å². The van der Waals surface area contributed by atoms with Crippen LogP contribution in [0.4, 0.5) is 0 Å². The summed E-state index contributed by atoms with van der Waals surface area (Å²) in [6.07, 6.45) is -0.639. The van der Waals surface area contributed by atoms with Gasteiger partial charge in [-0.2, -0.15) is 0 Å². The van der Waals surface area contributed by atoms with E-state index in [1.165, 1.54) is 33.0 Å². The summed E-state index contributed by atoms with van der Waals surface area (Å²) in [5.41, 5.74) is 9.25. The predicted octanol–water partition coefficient (Wildman–Crippen LogP) is 7.65. The second-order valence-corrected chi connectivity index (χ2v) is 9.16. The molecule has 1 aliphatic carbocycles. The Morgan fingerprint density at radius 2 is 0.889 bits per heavy atom. The molecule has 5 aromatic carbocycles. The first-order valence-electron chi connectivity index (χ1n) is 12.1. The molecule has 4 heteroatoms. The van der Waals surface area contributed by atoms with Gasteiger partial charge >= 0.3 is 0 Å². The highest BCUT2D eigenvalue weighted by Gasteiger charge is 2.44. The number of rotatable bonds is 4. The van der Waals surface area contributed by atoms with Gasteiger partial charge in [-0.3, -0.25) is 0 Å². The maximum atomic E-state index is 6.07. The summed E-state index contributed by atoms with van der Waals surface area (Å²) in [4.78, 5) is 12.1. The Hall–Kier alpha value is -4.12. The van der Waals surface area contributed by atoms with Gasteiger partial charge in [0.05, 0.1) is 14.2 Å². The lowest BCUT2D eigenvalue weighted by atomic mass is 9.73. The minimum Gasteiger partial charge on any atom is -0.497 e. The summed E-state index contributed by atoms with van der Waals surface area (Å²) in [6, 6.07) is 33.6. The largest absolute Gasteiger partial charge is 0.497 e. The van der Waals surface area contributed by atoms with Crippen molar-refractivity contribution < 1.29 is 19.2 Å². The Labute approximate surface area is 209 Å². The second-order valence-electron chi connectivity index (χ2n) is 9.16. The summed E-state index contributed by atoms with van der Waals surface area (Å²) < 4.78 is 10.9. The van der Waals surface area contributed by atoms with Crippen LogP contribution in [0.25, 0.3) is 33.0 Å². The SMILES string of the molecule is COc1ccc(-c2c3c(c(-c4ccc(OC)cc4)c4ccccc24)C2OOC3c3ccccc32)cc1. The van der Waals surface area contributed by atoms with Crippen LogP contribution in [0.15, 0.2) is 97.1 Å². The van der Waals surface area contributed by atoms with Gasteiger partial charge in [-0.15, -0.1) is 0 Å². The molecule has 3 aliphatic rings. The highest BCUT2D eigenvalue weighted by Crippen LogP contribution is 2.57. The van der Waals surface area contributed by atoms with Gasteiger partial charge in [0.2, 0.25) is 0 Å². The first kappa shape index (κ1) is 21.2. The van der Waals surface area contributed by atoms with E-state index in [9.17, 15) is 0 Å². The van der Waals surface area contributed by atoms with Gasteiger partial charge in [0.25, 0.3) is 0 Å². The lowest BCUT2D eigenvalue weighted by Gasteiger charge is -2.41. The topological polar surface area (TPSA) is 36.9 Å². The van der Waals surface area contributed by atoms with E-state index in [1.807, 2.05) is 24.3 Å². The highest BCUT2D eigenvalue weighted by atomic mass is 17.2. The van der Waals surface area contributed by atoms with Crippen molar-refractivity contribution in [2.75, 3.05) is 14.2 Å². The molecule has 0 saturated carbocycles. The first-order chi connectivity index (χ1) is 17.8. The van der Waals surface area contributed by atoms with Gasteiger partial charge < -0.3 is 9.47 Å². The van der Waals surface area contributed by atoms with Crippen molar-refractivity contribution in [3.05, 3.63) is 119 Å². The van der Waals surface area contributed by atoms with Crippen LogP contribution in [0.2, 0.25) is 0 Å². The molecule has 0 N–H and O–H groups in total. The molecule has 2 heterocycles. The van der Waals surface area contributed by atoms with Crippen LogP contribution in [0.1, 0.15) is 34.5 Å². The van der Waals surface area contributed by atoms with E-state index in [4.69, 9.17) is 19.2 Å². The Morgan fingerprint density at radius 1 is 0.500 bits per heavy atom. The third-order valence-electron chi connectivity index (χ3n) is 7.39. The Morgan fingerprint density at radius 3 is 1.28 bits per heavy atom. The van der Waals surface area contributed by atoms with Crippen molar-refractivity contribution >= 4 is 10.8 Å². The normalized spacial score (nSPS) is 17.5. The molecular weight excluding hydrogens is 448 g/mol. The maximum Gasteiger partial charge on any atom is 0.144 e. The second kappa shape index (κ2) is 8.23. The summed E-state index contributed by atoms with van der Waals surface area (Å²) in [6.45, 7) is 0. The van der Waals surface area contributed by atoms with Crippen LogP contribution >= 0.6 is 0 Å². The van der Waals surface area contributed by atoms with Crippen molar-refractivity contribution in [2.45, 2.75) is 12.2 Å². The van der Waals surface area contributed by atoms with Gasteiger partial charge in [0.15, 0.2) is 0 Å². The molecule has 2 bridgehead atoms. The zero-order valence-corrected chi connectivity index (χ0v) is 20.0. The van der Waals surface area contributed by atoms with Crippen LogP contribution in [0.5, 0.6) is 11.5 Å². The number of hydrogen-bond acceptors (Lipinski definition) is 4. The van der Waals surface area contributed by atoms with Crippen molar-refractivity contribution in [3.8, 4) is 33.8 Å². The van der Waals surface area contributed by atoms with E-state index in [-0.39, 0.29) is 12.2 Å². The number of fused-ring (bicyclic) bond motifs is 2. The van der Waals surface area contributed by atoms with Crippen molar-refractivity contribution in [1.82, 2.24) is 0 Å². The molecule has 8 rings (SSSR count). The average Bonchev–Trinajstić information content (AvgIpc) is 2.96. The fourth-order valence-electron chi connectivity index (χ4n) is 5.77. The van der Waals surface area contributed by atoms with Gasteiger partial charge in [0.1, 0.15) is 23.7 Å². The van der Waals surface area contributed by atoms with Gasteiger partial charge in [0, 0.05) is 11.1 Å². The zero-order chi connectivity index (χ0) is 24.2. The van der Waals surface area contributed by atoms with E-state index < -0.39 is 0 Å². The maximum absolute atomic E-state index is 6.07. The molecule has 4 nitrogen and oxygen atoms in total. The highest BCUT2D eigenvalue weighted by molar-refractivity contribution is 6.09. The molecule has 176 valence electrons. The van der Waals surface area contributed by atoms with Crippen molar-refractivity contribution in [2.24, 2.45) is 0 Å². The van der Waals surface area contributed by atoms with E-state index in [0.717, 1.165) is 33.8 Å². The summed E-state index contributed by atoms with van der Waals surface area (Å²) in [5, 5.41) is 2.36. The summed E-state index contributed by atoms with van der Waals surface area (Å²) >= 11 is 0. The lowest BCUT2D eigenvalue weighted by molar-refractivity contribution is -0.360. The van der Waals surface area contributed by atoms with Gasteiger partial charge in [-0.1, -0.05) is 72.8 Å². The van der Waals surface area contributed by atoms with Crippen LogP contribution in [-0.2, 0) is 9.78 Å². The van der Waals surface area contributed by atoms with E-state index in [2.05, 4.69) is 72.8 Å². The minimum atomic E-state index is -0.320. The monoisotopic (exact) mass is 472 g/mol. The Balaban J connectivity index is 1.61. The van der Waals surface area contributed by atoms with Crippen LogP contribution in [0.3, 0.4) is 0 Å². The molecule has 0 spiro atoms. The third-order valence-corrected chi connectivity index (χ3v) is 7.39. The number of hydrogen-bond donors (Lipinski definition) is 0. The number of methoxy groups -OCH3 is 2. The third kappa shape index (κ3) is 3.02. The standard InChI is InChI=1S/C32H24O4/c1-33-21-15-11-19(12-16-21)27-23-7-3-4-8-24(23)28(20-13-17-22(34-2)18-14-20)30-29(27)31-25-9-5-6-10-26(25)32(30)36-35-31/h3-18,31-32H,1-2H3. The van der Waals surface area contributed by atoms with Crippen LogP contribution in [-0.4, -0.2) is 14.2 Å². The smallest absolute Gasteiger partial charge is 0.144 e. The van der Waals surface area contributed by atoms with Gasteiger partial charge in [-0.05, 0) is 68.4 Å². The molecule has 36 heavy (non-hydrogen) atoms. The molecular formula is C32H24O4. The lowest BCUT2D eigenvalue weighted by Crippen LogP contribution is -2.30. The molecule has 5 aromatic rings. The minimum absolute atomic E-state index is 0.320. The van der Waals surface area contributed by atoms with E-state index in [0.29, 0.717) is 0 Å². The Kier molecular flexibility index (Phi) is 4.84. The average molecular weight is 473 g/mol. The molecule has 2 aliphatic heterocycles. The molecule has 0 amide bonds. The molecule has 2 unspecified atom stereocenters. The van der Waals surface area contributed by atoms with Crippen LogP contribution in [0, 0.1) is 0 Å².